The molecule has 0 aliphatic rings. The van der Waals surface area contributed by atoms with Crippen LogP contribution in [0.15, 0.2) is 40.9 Å². The number of ether oxygens (including phenoxy) is 1. The van der Waals surface area contributed by atoms with E-state index in [0.29, 0.717) is 5.75 Å². The van der Waals surface area contributed by atoms with Crippen LogP contribution >= 0.6 is 15.9 Å². The molecule has 2 rings (SSSR count). The predicted octanol–water partition coefficient (Wildman–Crippen LogP) is 4.71. The van der Waals surface area contributed by atoms with Crippen LogP contribution in [0, 0.1) is 12.7 Å². The first-order valence-electron chi connectivity index (χ1n) is 5.96. The second kappa shape index (κ2) is 5.72. The van der Waals surface area contributed by atoms with Crippen LogP contribution in [0.3, 0.4) is 0 Å². The summed E-state index contributed by atoms with van der Waals surface area (Å²) in [6.07, 6.45) is 0. The summed E-state index contributed by atoms with van der Waals surface area (Å²) in [5.41, 5.74) is 7.76. The number of benzene rings is 2. The van der Waals surface area contributed by atoms with Gasteiger partial charge in [-0.05, 0) is 49.2 Å². The number of rotatable bonds is 3. The van der Waals surface area contributed by atoms with Gasteiger partial charge in [0.1, 0.15) is 5.75 Å². The maximum Gasteiger partial charge on any atom is 0.165 e. The Morgan fingerprint density at radius 3 is 2.58 bits per heavy atom. The SMILES string of the molecule is Cc1ccc(F)c(Oc2ccc([C@@H](C)N)c(Br)c2)c1. The summed E-state index contributed by atoms with van der Waals surface area (Å²) in [5, 5.41) is 0. The number of hydrogen-bond donors (Lipinski definition) is 1. The quantitative estimate of drug-likeness (QED) is 0.887. The average molecular weight is 324 g/mol. The van der Waals surface area contributed by atoms with Gasteiger partial charge in [-0.2, -0.15) is 0 Å². The zero-order valence-corrected chi connectivity index (χ0v) is 12.4. The van der Waals surface area contributed by atoms with Gasteiger partial charge in [0, 0.05) is 10.5 Å². The number of halogens is 2. The molecule has 0 aliphatic heterocycles. The van der Waals surface area contributed by atoms with Gasteiger partial charge < -0.3 is 10.5 Å². The molecule has 19 heavy (non-hydrogen) atoms. The molecule has 0 heterocycles. The molecule has 1 atom stereocenters. The van der Waals surface area contributed by atoms with E-state index < -0.39 is 0 Å². The maximum atomic E-state index is 13.6. The molecule has 2 aromatic carbocycles. The van der Waals surface area contributed by atoms with Gasteiger partial charge in [-0.1, -0.05) is 28.1 Å². The lowest BCUT2D eigenvalue weighted by Gasteiger charge is -2.12. The Kier molecular flexibility index (Phi) is 4.22. The Morgan fingerprint density at radius 2 is 1.95 bits per heavy atom. The van der Waals surface area contributed by atoms with Gasteiger partial charge in [0.2, 0.25) is 0 Å². The highest BCUT2D eigenvalue weighted by Gasteiger charge is 2.09. The molecule has 0 amide bonds. The molecule has 4 heteroatoms. The van der Waals surface area contributed by atoms with Crippen molar-refractivity contribution < 1.29 is 9.13 Å². The molecule has 2 nitrogen and oxygen atoms in total. The fourth-order valence-corrected chi connectivity index (χ4v) is 2.48. The largest absolute Gasteiger partial charge is 0.454 e. The van der Waals surface area contributed by atoms with Crippen molar-refractivity contribution >= 4 is 15.9 Å². The topological polar surface area (TPSA) is 35.2 Å². The van der Waals surface area contributed by atoms with Crippen LogP contribution in [-0.2, 0) is 0 Å². The van der Waals surface area contributed by atoms with E-state index in [4.69, 9.17) is 10.5 Å². The summed E-state index contributed by atoms with van der Waals surface area (Å²) in [5.74, 6) is 0.416. The van der Waals surface area contributed by atoms with Crippen molar-refractivity contribution in [2.24, 2.45) is 5.73 Å². The lowest BCUT2D eigenvalue weighted by atomic mass is 10.1. The molecule has 0 aliphatic carbocycles. The summed E-state index contributed by atoms with van der Waals surface area (Å²) in [7, 11) is 0. The van der Waals surface area contributed by atoms with Crippen molar-refractivity contribution in [2.75, 3.05) is 0 Å². The van der Waals surface area contributed by atoms with Gasteiger partial charge in [-0.25, -0.2) is 4.39 Å². The zero-order valence-electron chi connectivity index (χ0n) is 10.8. The highest BCUT2D eigenvalue weighted by atomic mass is 79.9. The minimum atomic E-state index is -0.377. The van der Waals surface area contributed by atoms with Crippen LogP contribution in [0.4, 0.5) is 4.39 Å². The predicted molar refractivity (Wildman–Crippen MR) is 78.0 cm³/mol. The first kappa shape index (κ1) is 14.0. The maximum absolute atomic E-state index is 13.6. The molecule has 0 fully saturated rings. The third kappa shape index (κ3) is 3.33. The lowest BCUT2D eigenvalue weighted by Crippen LogP contribution is -2.05. The molecule has 0 radical (unpaired) electrons. The molecular weight excluding hydrogens is 309 g/mol. The molecule has 0 aromatic heterocycles. The van der Waals surface area contributed by atoms with Crippen molar-refractivity contribution in [1.82, 2.24) is 0 Å². The summed E-state index contributed by atoms with van der Waals surface area (Å²) in [6, 6.07) is 10.2. The van der Waals surface area contributed by atoms with E-state index in [2.05, 4.69) is 15.9 Å². The fourth-order valence-electron chi connectivity index (χ4n) is 1.76. The number of hydrogen-bond acceptors (Lipinski definition) is 2. The fraction of sp³-hybridized carbons (Fsp3) is 0.200. The molecule has 0 unspecified atom stereocenters. The third-order valence-corrected chi connectivity index (χ3v) is 3.46. The zero-order chi connectivity index (χ0) is 14.0. The van der Waals surface area contributed by atoms with Gasteiger partial charge in [-0.15, -0.1) is 0 Å². The summed E-state index contributed by atoms with van der Waals surface area (Å²) in [6.45, 7) is 3.79. The van der Waals surface area contributed by atoms with Crippen LogP contribution in [0.2, 0.25) is 0 Å². The van der Waals surface area contributed by atoms with Crippen LogP contribution in [0.5, 0.6) is 11.5 Å². The van der Waals surface area contributed by atoms with Crippen LogP contribution in [-0.4, -0.2) is 0 Å². The van der Waals surface area contributed by atoms with E-state index in [-0.39, 0.29) is 17.6 Å². The Labute approximate surface area is 120 Å². The molecule has 100 valence electrons. The lowest BCUT2D eigenvalue weighted by molar-refractivity contribution is 0.441. The van der Waals surface area contributed by atoms with E-state index in [0.717, 1.165) is 15.6 Å². The van der Waals surface area contributed by atoms with E-state index in [1.54, 1.807) is 24.3 Å². The highest BCUT2D eigenvalue weighted by Crippen LogP contribution is 2.30. The second-order valence-corrected chi connectivity index (χ2v) is 5.36. The Morgan fingerprint density at radius 1 is 1.21 bits per heavy atom. The van der Waals surface area contributed by atoms with Gasteiger partial charge in [-0.3, -0.25) is 0 Å². The van der Waals surface area contributed by atoms with E-state index in [9.17, 15) is 4.39 Å². The summed E-state index contributed by atoms with van der Waals surface area (Å²) in [4.78, 5) is 0. The Hall–Kier alpha value is -1.39. The van der Waals surface area contributed by atoms with E-state index >= 15 is 0 Å². The van der Waals surface area contributed by atoms with Gasteiger partial charge in [0.15, 0.2) is 11.6 Å². The van der Waals surface area contributed by atoms with Crippen molar-refractivity contribution in [2.45, 2.75) is 19.9 Å². The number of nitrogens with two attached hydrogens (primary N) is 1. The molecule has 0 spiro atoms. The van der Waals surface area contributed by atoms with Crippen molar-refractivity contribution in [3.63, 3.8) is 0 Å². The smallest absolute Gasteiger partial charge is 0.165 e. The van der Waals surface area contributed by atoms with Gasteiger partial charge in [0.05, 0.1) is 0 Å². The number of aryl methyl sites for hydroxylation is 1. The van der Waals surface area contributed by atoms with E-state index in [1.807, 2.05) is 19.9 Å². The minimum absolute atomic E-state index is 0.0702. The monoisotopic (exact) mass is 323 g/mol. The minimum Gasteiger partial charge on any atom is -0.454 e. The Balaban J connectivity index is 2.29. The van der Waals surface area contributed by atoms with Crippen LogP contribution in [0.1, 0.15) is 24.1 Å². The summed E-state index contributed by atoms with van der Waals surface area (Å²) >= 11 is 3.44. The molecule has 2 aromatic rings. The van der Waals surface area contributed by atoms with Crippen molar-refractivity contribution in [3.05, 3.63) is 57.8 Å². The van der Waals surface area contributed by atoms with Gasteiger partial charge >= 0.3 is 0 Å². The first-order chi connectivity index (χ1) is 8.97. The highest BCUT2D eigenvalue weighted by molar-refractivity contribution is 9.10. The van der Waals surface area contributed by atoms with Crippen molar-refractivity contribution in [1.29, 1.82) is 0 Å². The van der Waals surface area contributed by atoms with Crippen LogP contribution in [0.25, 0.3) is 0 Å². The average Bonchev–Trinajstić information content (AvgIpc) is 2.33. The molecule has 0 bridgehead atoms. The molecule has 0 saturated carbocycles. The van der Waals surface area contributed by atoms with E-state index in [1.165, 1.54) is 6.07 Å². The Bertz CT molecular complexity index is 599. The third-order valence-electron chi connectivity index (χ3n) is 2.78. The normalized spacial score (nSPS) is 12.3. The molecule has 2 N–H and O–H groups in total. The van der Waals surface area contributed by atoms with Crippen LogP contribution < -0.4 is 10.5 Å². The second-order valence-electron chi connectivity index (χ2n) is 4.51. The first-order valence-corrected chi connectivity index (χ1v) is 6.75. The summed E-state index contributed by atoms with van der Waals surface area (Å²) < 4.78 is 20.0. The standard InChI is InChI=1S/C15H15BrFNO/c1-9-3-6-14(17)15(7-9)19-11-4-5-12(10(2)18)13(16)8-11/h3-8,10H,18H2,1-2H3/t10-/m1/s1. The molecular formula is C15H15BrFNO. The molecule has 0 saturated heterocycles. The van der Waals surface area contributed by atoms with Gasteiger partial charge in [0.25, 0.3) is 0 Å². The van der Waals surface area contributed by atoms with Crippen molar-refractivity contribution in [3.8, 4) is 11.5 Å².